The van der Waals surface area contributed by atoms with Crippen LogP contribution in [-0.4, -0.2) is 25.5 Å². The van der Waals surface area contributed by atoms with E-state index in [4.69, 9.17) is 5.73 Å². The molecule has 0 aliphatic carbocycles. The molecule has 4 nitrogen and oxygen atoms in total. The van der Waals surface area contributed by atoms with Gasteiger partial charge in [0.05, 0.1) is 5.92 Å². The molecule has 0 radical (unpaired) electrons. The minimum absolute atomic E-state index is 0.00394. The molecule has 2 atom stereocenters. The lowest BCUT2D eigenvalue weighted by molar-refractivity contribution is -0.125. The van der Waals surface area contributed by atoms with Gasteiger partial charge in [-0.3, -0.25) is 4.79 Å². The van der Waals surface area contributed by atoms with Gasteiger partial charge in [-0.1, -0.05) is 44.2 Å². The van der Waals surface area contributed by atoms with Crippen molar-refractivity contribution < 1.29 is 4.79 Å². The third-order valence-corrected chi connectivity index (χ3v) is 2.99. The highest BCUT2D eigenvalue weighted by Gasteiger charge is 2.21. The van der Waals surface area contributed by atoms with Crippen LogP contribution in [-0.2, 0) is 4.79 Å². The third-order valence-electron chi connectivity index (χ3n) is 2.99. The van der Waals surface area contributed by atoms with Crippen LogP contribution in [0.5, 0.6) is 0 Å². The Hall–Kier alpha value is -1.39. The van der Waals surface area contributed by atoms with E-state index in [1.54, 1.807) is 0 Å². The highest BCUT2D eigenvalue weighted by atomic mass is 16.1. The minimum Gasteiger partial charge on any atom is -0.355 e. The molecule has 0 fully saturated rings. The number of likely N-dealkylation sites (N-methyl/N-ethyl adjacent to an activating group) is 1. The van der Waals surface area contributed by atoms with Crippen molar-refractivity contribution in [2.75, 3.05) is 19.6 Å². The van der Waals surface area contributed by atoms with Gasteiger partial charge in [-0.25, -0.2) is 0 Å². The molecule has 4 heteroatoms. The summed E-state index contributed by atoms with van der Waals surface area (Å²) in [5.74, 6) is -0.224. The van der Waals surface area contributed by atoms with Gasteiger partial charge in [0.15, 0.2) is 0 Å². The molecular weight excluding hydrogens is 226 g/mol. The van der Waals surface area contributed by atoms with Gasteiger partial charge >= 0.3 is 0 Å². The van der Waals surface area contributed by atoms with Crippen LogP contribution in [0.4, 0.5) is 0 Å². The number of hydrogen-bond acceptors (Lipinski definition) is 3. The number of rotatable bonds is 7. The maximum absolute atomic E-state index is 11.9. The van der Waals surface area contributed by atoms with E-state index in [9.17, 15) is 4.79 Å². The van der Waals surface area contributed by atoms with Crippen molar-refractivity contribution in [3.8, 4) is 0 Å². The lowest BCUT2D eigenvalue weighted by Crippen LogP contribution is -2.38. The SMILES string of the molecule is CCNCCNC(=O)C(C)C(N)c1ccccc1. The zero-order chi connectivity index (χ0) is 13.4. The molecule has 0 bridgehead atoms. The molecule has 0 aliphatic heterocycles. The van der Waals surface area contributed by atoms with Crippen LogP contribution >= 0.6 is 0 Å². The van der Waals surface area contributed by atoms with E-state index >= 15 is 0 Å². The Bertz CT molecular complexity index is 353. The molecule has 18 heavy (non-hydrogen) atoms. The van der Waals surface area contributed by atoms with Gasteiger partial charge in [0.2, 0.25) is 5.91 Å². The van der Waals surface area contributed by atoms with Gasteiger partial charge in [-0.05, 0) is 12.1 Å². The molecule has 1 aromatic carbocycles. The van der Waals surface area contributed by atoms with Crippen molar-refractivity contribution in [1.29, 1.82) is 0 Å². The first-order valence-corrected chi connectivity index (χ1v) is 6.45. The summed E-state index contributed by atoms with van der Waals surface area (Å²) >= 11 is 0. The van der Waals surface area contributed by atoms with E-state index in [0.29, 0.717) is 6.54 Å². The Kier molecular flexibility index (Phi) is 6.39. The number of nitrogens with two attached hydrogens (primary N) is 1. The molecule has 0 heterocycles. The second-order valence-electron chi connectivity index (χ2n) is 4.37. The lowest BCUT2D eigenvalue weighted by atomic mass is 9.95. The lowest BCUT2D eigenvalue weighted by Gasteiger charge is -2.19. The smallest absolute Gasteiger partial charge is 0.224 e. The number of hydrogen-bond donors (Lipinski definition) is 3. The molecule has 2 unspecified atom stereocenters. The fourth-order valence-electron chi connectivity index (χ4n) is 1.74. The zero-order valence-electron chi connectivity index (χ0n) is 11.1. The molecule has 0 saturated heterocycles. The zero-order valence-corrected chi connectivity index (χ0v) is 11.1. The van der Waals surface area contributed by atoms with Crippen LogP contribution in [0.2, 0.25) is 0 Å². The van der Waals surface area contributed by atoms with Crippen LogP contribution < -0.4 is 16.4 Å². The molecule has 4 N–H and O–H groups in total. The van der Waals surface area contributed by atoms with Crippen LogP contribution in [0, 0.1) is 5.92 Å². The quantitative estimate of drug-likeness (QED) is 0.633. The second kappa shape index (κ2) is 7.84. The van der Waals surface area contributed by atoms with Crippen molar-refractivity contribution in [3.63, 3.8) is 0 Å². The van der Waals surface area contributed by atoms with E-state index in [-0.39, 0.29) is 17.9 Å². The molecule has 0 saturated carbocycles. The van der Waals surface area contributed by atoms with E-state index in [2.05, 4.69) is 10.6 Å². The van der Waals surface area contributed by atoms with Crippen molar-refractivity contribution in [3.05, 3.63) is 35.9 Å². The summed E-state index contributed by atoms with van der Waals surface area (Å²) in [4.78, 5) is 11.9. The van der Waals surface area contributed by atoms with Crippen molar-refractivity contribution in [1.82, 2.24) is 10.6 Å². The largest absolute Gasteiger partial charge is 0.355 e. The summed E-state index contributed by atoms with van der Waals surface area (Å²) in [5.41, 5.74) is 7.09. The highest BCUT2D eigenvalue weighted by Crippen LogP contribution is 2.18. The van der Waals surface area contributed by atoms with Gasteiger partial charge < -0.3 is 16.4 Å². The van der Waals surface area contributed by atoms with Crippen LogP contribution in [0.25, 0.3) is 0 Å². The van der Waals surface area contributed by atoms with Gasteiger partial charge in [0.25, 0.3) is 0 Å². The summed E-state index contributed by atoms with van der Waals surface area (Å²) in [5, 5.41) is 6.04. The minimum atomic E-state index is -0.259. The summed E-state index contributed by atoms with van der Waals surface area (Å²) < 4.78 is 0. The van der Waals surface area contributed by atoms with Gasteiger partial charge in [0.1, 0.15) is 0 Å². The van der Waals surface area contributed by atoms with Crippen molar-refractivity contribution >= 4 is 5.91 Å². The van der Waals surface area contributed by atoms with E-state index in [1.807, 2.05) is 44.2 Å². The molecule has 1 aromatic rings. The predicted octanol–water partition coefficient (Wildman–Crippen LogP) is 1.05. The fourth-order valence-corrected chi connectivity index (χ4v) is 1.74. The Morgan fingerprint density at radius 1 is 1.28 bits per heavy atom. The summed E-state index contributed by atoms with van der Waals surface area (Å²) in [6.45, 7) is 6.24. The first kappa shape index (κ1) is 14.7. The Morgan fingerprint density at radius 3 is 2.56 bits per heavy atom. The molecule has 100 valence electrons. The maximum atomic E-state index is 11.9. The topological polar surface area (TPSA) is 67.1 Å². The fraction of sp³-hybridized carbons (Fsp3) is 0.500. The number of carbonyl (C=O) groups excluding carboxylic acids is 1. The summed E-state index contributed by atoms with van der Waals surface area (Å²) in [6, 6.07) is 9.46. The molecule has 0 aliphatic rings. The second-order valence-corrected chi connectivity index (χ2v) is 4.37. The first-order chi connectivity index (χ1) is 8.66. The molecular formula is C14H23N3O. The molecule has 0 aromatic heterocycles. The average molecular weight is 249 g/mol. The monoisotopic (exact) mass is 249 g/mol. The van der Waals surface area contributed by atoms with Gasteiger partial charge in [-0.2, -0.15) is 0 Å². The Balaban J connectivity index is 2.43. The van der Waals surface area contributed by atoms with Gasteiger partial charge in [0, 0.05) is 19.1 Å². The highest BCUT2D eigenvalue weighted by molar-refractivity contribution is 5.79. The third kappa shape index (κ3) is 4.47. The Morgan fingerprint density at radius 2 is 1.94 bits per heavy atom. The van der Waals surface area contributed by atoms with Crippen LogP contribution in [0.15, 0.2) is 30.3 Å². The van der Waals surface area contributed by atoms with Gasteiger partial charge in [-0.15, -0.1) is 0 Å². The van der Waals surface area contributed by atoms with Crippen molar-refractivity contribution in [2.45, 2.75) is 19.9 Å². The van der Waals surface area contributed by atoms with E-state index < -0.39 is 0 Å². The normalized spacial score (nSPS) is 13.9. The number of carbonyl (C=O) groups is 1. The molecule has 0 spiro atoms. The van der Waals surface area contributed by atoms with Crippen LogP contribution in [0.1, 0.15) is 25.5 Å². The molecule has 1 rings (SSSR count). The number of nitrogens with one attached hydrogen (secondary N) is 2. The standard InChI is InChI=1S/C14H23N3O/c1-3-16-9-10-17-14(18)11(2)13(15)12-7-5-4-6-8-12/h4-8,11,13,16H,3,9-10,15H2,1-2H3,(H,17,18). The number of amides is 1. The predicted molar refractivity (Wildman–Crippen MR) is 74.1 cm³/mol. The van der Waals surface area contributed by atoms with E-state index in [0.717, 1.165) is 18.7 Å². The molecule has 1 amide bonds. The first-order valence-electron chi connectivity index (χ1n) is 6.45. The Labute approximate surface area is 109 Å². The maximum Gasteiger partial charge on any atom is 0.224 e. The summed E-state index contributed by atoms with van der Waals surface area (Å²) in [6.07, 6.45) is 0. The van der Waals surface area contributed by atoms with E-state index in [1.165, 1.54) is 0 Å². The number of benzene rings is 1. The van der Waals surface area contributed by atoms with Crippen LogP contribution in [0.3, 0.4) is 0 Å². The van der Waals surface area contributed by atoms with Crippen molar-refractivity contribution in [2.24, 2.45) is 11.7 Å². The summed E-state index contributed by atoms with van der Waals surface area (Å²) in [7, 11) is 0. The average Bonchev–Trinajstić information content (AvgIpc) is 2.42.